The number of aryl methyl sites for hydroxylation is 1. The number of rotatable bonds is 6. The number of hydrogen-bond acceptors (Lipinski definition) is 5. The van der Waals surface area contributed by atoms with Crippen molar-refractivity contribution in [3.8, 4) is 0 Å². The molecule has 1 aromatic heterocycles. The highest BCUT2D eigenvalue weighted by Crippen LogP contribution is 2.16. The van der Waals surface area contributed by atoms with E-state index in [0.717, 1.165) is 0 Å². The van der Waals surface area contributed by atoms with Gasteiger partial charge >= 0.3 is 0 Å². The van der Waals surface area contributed by atoms with Gasteiger partial charge in [0.15, 0.2) is 0 Å². The van der Waals surface area contributed by atoms with Gasteiger partial charge in [-0.25, -0.2) is 13.1 Å². The Hall–Kier alpha value is -1.77. The Labute approximate surface area is 123 Å². The van der Waals surface area contributed by atoms with Crippen molar-refractivity contribution < 1.29 is 13.5 Å². The van der Waals surface area contributed by atoms with Crippen LogP contribution in [0.1, 0.15) is 31.3 Å². The molecule has 114 valence electrons. The number of sulfonamides is 1. The molecule has 0 fully saturated rings. The molecule has 1 atom stereocenters. The largest absolute Gasteiger partial charge is 0.389 e. The van der Waals surface area contributed by atoms with Gasteiger partial charge in [0.1, 0.15) is 12.2 Å². The minimum absolute atomic E-state index is 0.0777. The minimum Gasteiger partial charge on any atom is -0.389 e. The number of hydrogen-bond donors (Lipinski definition) is 2. The van der Waals surface area contributed by atoms with Crippen molar-refractivity contribution in [2.75, 3.05) is 0 Å². The monoisotopic (exact) mass is 310 g/mol. The zero-order chi connectivity index (χ0) is 15.5. The molecule has 0 bridgehead atoms. The van der Waals surface area contributed by atoms with Crippen molar-refractivity contribution in [3.63, 3.8) is 0 Å². The molecule has 0 amide bonds. The third-order valence-corrected chi connectivity index (χ3v) is 4.55. The molecule has 2 aromatic rings. The molecule has 0 aliphatic heterocycles. The van der Waals surface area contributed by atoms with Crippen molar-refractivity contribution in [2.24, 2.45) is 0 Å². The number of nitrogens with one attached hydrogen (secondary N) is 1. The summed E-state index contributed by atoms with van der Waals surface area (Å²) in [5, 5.41) is 17.0. The molecule has 1 heterocycles. The standard InChI is InChI=1S/C13H18N4O3S/c1-3-17-9-14-16-13(17)8-15-21(19,20)12-6-4-11(5-7-12)10(2)18/h4-7,9-10,15,18H,3,8H2,1-2H3. The van der Waals surface area contributed by atoms with Crippen molar-refractivity contribution >= 4 is 10.0 Å². The lowest BCUT2D eigenvalue weighted by atomic mass is 10.1. The van der Waals surface area contributed by atoms with Crippen LogP contribution in [0.5, 0.6) is 0 Å². The summed E-state index contributed by atoms with van der Waals surface area (Å²) < 4.78 is 28.6. The van der Waals surface area contributed by atoms with Crippen LogP contribution in [0.3, 0.4) is 0 Å². The van der Waals surface area contributed by atoms with Crippen LogP contribution >= 0.6 is 0 Å². The summed E-state index contributed by atoms with van der Waals surface area (Å²) in [6, 6.07) is 6.12. The summed E-state index contributed by atoms with van der Waals surface area (Å²) in [4.78, 5) is 0.148. The first-order valence-electron chi connectivity index (χ1n) is 6.58. The molecule has 0 aliphatic carbocycles. The van der Waals surface area contributed by atoms with Crippen LogP contribution in [-0.4, -0.2) is 28.3 Å². The van der Waals surface area contributed by atoms with Crippen LogP contribution in [-0.2, 0) is 23.1 Å². The third kappa shape index (κ3) is 3.66. The Balaban J connectivity index is 2.11. The maximum atomic E-state index is 12.2. The molecule has 8 heteroatoms. The van der Waals surface area contributed by atoms with Gasteiger partial charge in [-0.2, -0.15) is 0 Å². The predicted octanol–water partition coefficient (Wildman–Crippen LogP) is 0.830. The van der Waals surface area contributed by atoms with E-state index in [-0.39, 0.29) is 11.4 Å². The molecule has 0 spiro atoms. The van der Waals surface area contributed by atoms with E-state index >= 15 is 0 Å². The van der Waals surface area contributed by atoms with Gasteiger partial charge in [0.2, 0.25) is 10.0 Å². The van der Waals surface area contributed by atoms with Gasteiger partial charge in [-0.3, -0.25) is 0 Å². The number of aromatic nitrogens is 3. The SMILES string of the molecule is CCn1cnnc1CNS(=O)(=O)c1ccc(C(C)O)cc1. The number of aliphatic hydroxyl groups is 1. The summed E-state index contributed by atoms with van der Waals surface area (Å²) in [6.45, 7) is 4.30. The highest BCUT2D eigenvalue weighted by molar-refractivity contribution is 7.89. The average Bonchev–Trinajstić information content (AvgIpc) is 2.93. The summed E-state index contributed by atoms with van der Waals surface area (Å²) in [7, 11) is -3.62. The molecule has 0 saturated carbocycles. The van der Waals surface area contributed by atoms with Crippen LogP contribution in [0.15, 0.2) is 35.5 Å². The maximum Gasteiger partial charge on any atom is 0.240 e. The Kier molecular flexibility index (Phi) is 4.71. The van der Waals surface area contributed by atoms with Crippen molar-refractivity contribution in [2.45, 2.75) is 37.9 Å². The summed E-state index contributed by atoms with van der Waals surface area (Å²) in [5.74, 6) is 0.557. The predicted molar refractivity (Wildman–Crippen MR) is 76.8 cm³/mol. The second-order valence-electron chi connectivity index (χ2n) is 4.60. The molecule has 2 rings (SSSR count). The summed E-state index contributed by atoms with van der Waals surface area (Å²) >= 11 is 0. The highest BCUT2D eigenvalue weighted by Gasteiger charge is 2.15. The maximum absolute atomic E-state index is 12.2. The van der Waals surface area contributed by atoms with Gasteiger partial charge in [0.05, 0.1) is 17.5 Å². The van der Waals surface area contributed by atoms with Crippen molar-refractivity contribution in [1.29, 1.82) is 0 Å². The van der Waals surface area contributed by atoms with Crippen LogP contribution in [0, 0.1) is 0 Å². The Morgan fingerprint density at radius 1 is 1.33 bits per heavy atom. The molecule has 0 radical (unpaired) electrons. The molecular weight excluding hydrogens is 292 g/mol. The van der Waals surface area contributed by atoms with E-state index in [1.165, 1.54) is 12.1 Å². The van der Waals surface area contributed by atoms with Crippen LogP contribution < -0.4 is 4.72 Å². The van der Waals surface area contributed by atoms with E-state index in [2.05, 4.69) is 14.9 Å². The van der Waals surface area contributed by atoms with E-state index in [0.29, 0.717) is 17.9 Å². The molecule has 2 N–H and O–H groups in total. The normalized spacial score (nSPS) is 13.3. The zero-order valence-electron chi connectivity index (χ0n) is 11.9. The summed E-state index contributed by atoms with van der Waals surface area (Å²) in [5.41, 5.74) is 0.666. The topological polar surface area (TPSA) is 97.1 Å². The fraction of sp³-hybridized carbons (Fsp3) is 0.385. The molecule has 0 saturated heterocycles. The first-order chi connectivity index (χ1) is 9.94. The average molecular weight is 310 g/mol. The van der Waals surface area contributed by atoms with E-state index in [1.807, 2.05) is 6.92 Å². The molecule has 1 aromatic carbocycles. The molecule has 1 unspecified atom stereocenters. The Bertz CT molecular complexity index is 692. The van der Waals surface area contributed by atoms with Gasteiger partial charge in [-0.05, 0) is 31.5 Å². The second-order valence-corrected chi connectivity index (χ2v) is 6.37. The number of nitrogens with zero attached hydrogens (tertiary/aromatic N) is 3. The van der Waals surface area contributed by atoms with E-state index in [4.69, 9.17) is 0 Å². The van der Waals surface area contributed by atoms with Crippen molar-refractivity contribution in [1.82, 2.24) is 19.5 Å². The van der Waals surface area contributed by atoms with Crippen LogP contribution in [0.25, 0.3) is 0 Å². The first kappa shape index (κ1) is 15.6. The fourth-order valence-corrected chi connectivity index (χ4v) is 2.83. The van der Waals surface area contributed by atoms with E-state index in [1.54, 1.807) is 30.0 Å². The lowest BCUT2D eigenvalue weighted by Crippen LogP contribution is -2.25. The zero-order valence-corrected chi connectivity index (χ0v) is 12.7. The third-order valence-electron chi connectivity index (χ3n) is 3.13. The quantitative estimate of drug-likeness (QED) is 0.823. The second kappa shape index (κ2) is 6.33. The highest BCUT2D eigenvalue weighted by atomic mass is 32.2. The molecular formula is C13H18N4O3S. The van der Waals surface area contributed by atoms with Gasteiger partial charge in [-0.1, -0.05) is 12.1 Å². The fourth-order valence-electron chi connectivity index (χ4n) is 1.85. The van der Waals surface area contributed by atoms with Gasteiger partial charge in [0, 0.05) is 6.54 Å². The molecule has 21 heavy (non-hydrogen) atoms. The van der Waals surface area contributed by atoms with E-state index < -0.39 is 16.1 Å². The van der Waals surface area contributed by atoms with Gasteiger partial charge in [0.25, 0.3) is 0 Å². The molecule has 7 nitrogen and oxygen atoms in total. The van der Waals surface area contributed by atoms with Gasteiger partial charge in [-0.15, -0.1) is 10.2 Å². The Morgan fingerprint density at radius 3 is 2.57 bits per heavy atom. The lowest BCUT2D eigenvalue weighted by molar-refractivity contribution is 0.199. The molecule has 0 aliphatic rings. The Morgan fingerprint density at radius 2 is 2.00 bits per heavy atom. The first-order valence-corrected chi connectivity index (χ1v) is 8.06. The van der Waals surface area contributed by atoms with Gasteiger partial charge < -0.3 is 9.67 Å². The summed E-state index contributed by atoms with van der Waals surface area (Å²) in [6.07, 6.45) is 0.930. The van der Waals surface area contributed by atoms with Crippen LogP contribution in [0.2, 0.25) is 0 Å². The smallest absolute Gasteiger partial charge is 0.240 e. The van der Waals surface area contributed by atoms with Crippen LogP contribution in [0.4, 0.5) is 0 Å². The number of aliphatic hydroxyl groups excluding tert-OH is 1. The van der Waals surface area contributed by atoms with Crippen molar-refractivity contribution in [3.05, 3.63) is 42.0 Å². The van der Waals surface area contributed by atoms with E-state index in [9.17, 15) is 13.5 Å². The minimum atomic E-state index is -3.62. The lowest BCUT2D eigenvalue weighted by Gasteiger charge is -2.09. The number of benzene rings is 1.